The molecule has 3 heteroatoms. The minimum absolute atomic E-state index is 0. The number of benzene rings is 1. The van der Waals surface area contributed by atoms with Crippen molar-refractivity contribution in [3.05, 3.63) is 48.6 Å². The van der Waals surface area contributed by atoms with Gasteiger partial charge in [0.1, 0.15) is 6.04 Å². The highest BCUT2D eigenvalue weighted by atomic mass is 79.9. The fourth-order valence-corrected chi connectivity index (χ4v) is 3.29. The van der Waals surface area contributed by atoms with Crippen LogP contribution in [-0.4, -0.2) is 36.8 Å². The van der Waals surface area contributed by atoms with Gasteiger partial charge in [-0.2, -0.15) is 0 Å². The maximum atomic E-state index is 5.75. The van der Waals surface area contributed by atoms with Crippen LogP contribution in [-0.2, 0) is 11.3 Å². The van der Waals surface area contributed by atoms with E-state index in [4.69, 9.17) is 4.74 Å². The summed E-state index contributed by atoms with van der Waals surface area (Å²) < 4.78 is 6.92. The second kappa shape index (κ2) is 13.6. The first kappa shape index (κ1) is 23.4. The molecule has 0 aliphatic carbocycles. The molecule has 2 nitrogen and oxygen atoms in total. The summed E-state index contributed by atoms with van der Waals surface area (Å²) in [5, 5.41) is 0. The number of halogens is 1. The number of unbranched alkanes of at least 4 members (excludes halogenated alkanes) is 3. The Morgan fingerprint density at radius 1 is 1.04 bits per heavy atom. The lowest BCUT2D eigenvalue weighted by Crippen LogP contribution is -3.00. The van der Waals surface area contributed by atoms with Gasteiger partial charge in [0, 0.05) is 6.61 Å². The fourth-order valence-electron chi connectivity index (χ4n) is 3.29. The molecule has 0 bridgehead atoms. The molecular formula is C21H36BrNO. The third-order valence-corrected chi connectivity index (χ3v) is 5.22. The van der Waals surface area contributed by atoms with Crippen molar-refractivity contribution in [2.24, 2.45) is 0 Å². The van der Waals surface area contributed by atoms with Crippen LogP contribution >= 0.6 is 0 Å². The highest BCUT2D eigenvalue weighted by Crippen LogP contribution is 2.17. The highest BCUT2D eigenvalue weighted by Gasteiger charge is 2.27. The van der Waals surface area contributed by atoms with Crippen LogP contribution in [0.15, 0.2) is 43.0 Å². The molecule has 0 aromatic heterocycles. The van der Waals surface area contributed by atoms with E-state index in [0.29, 0.717) is 6.04 Å². The van der Waals surface area contributed by atoms with Crippen LogP contribution in [0.3, 0.4) is 0 Å². The number of hydrogen-bond acceptors (Lipinski definition) is 1. The zero-order chi connectivity index (χ0) is 17.0. The molecule has 0 saturated heterocycles. The SMILES string of the molecule is C=CC(C)[N+](CC)(CC)CCCCCCOCc1ccccc1.[Br-]. The summed E-state index contributed by atoms with van der Waals surface area (Å²) in [6.07, 6.45) is 7.16. The van der Waals surface area contributed by atoms with Crippen LogP contribution in [0.1, 0.15) is 52.0 Å². The van der Waals surface area contributed by atoms with Gasteiger partial charge in [0.25, 0.3) is 0 Å². The Labute approximate surface area is 160 Å². The van der Waals surface area contributed by atoms with Crippen molar-refractivity contribution in [3.8, 4) is 0 Å². The van der Waals surface area contributed by atoms with Gasteiger partial charge >= 0.3 is 0 Å². The van der Waals surface area contributed by atoms with Crippen LogP contribution in [0, 0.1) is 0 Å². The third kappa shape index (κ3) is 7.96. The summed E-state index contributed by atoms with van der Waals surface area (Å²) in [5.41, 5.74) is 1.26. The van der Waals surface area contributed by atoms with E-state index in [1.54, 1.807) is 0 Å². The maximum absolute atomic E-state index is 5.75. The van der Waals surface area contributed by atoms with Crippen LogP contribution in [0.4, 0.5) is 0 Å². The lowest BCUT2D eigenvalue weighted by molar-refractivity contribution is -0.940. The van der Waals surface area contributed by atoms with Gasteiger partial charge in [-0.05, 0) is 51.7 Å². The number of nitrogens with zero attached hydrogens (tertiary/aromatic N) is 1. The Bertz CT molecular complexity index is 417. The lowest BCUT2D eigenvalue weighted by atomic mass is 10.1. The van der Waals surface area contributed by atoms with E-state index >= 15 is 0 Å². The van der Waals surface area contributed by atoms with E-state index in [9.17, 15) is 0 Å². The molecule has 1 aromatic rings. The average Bonchev–Trinajstić information content (AvgIpc) is 2.61. The molecule has 0 amide bonds. The molecule has 0 fully saturated rings. The van der Waals surface area contributed by atoms with Gasteiger partial charge in [-0.3, -0.25) is 0 Å². The molecule has 138 valence electrons. The van der Waals surface area contributed by atoms with Gasteiger partial charge in [0.2, 0.25) is 0 Å². The zero-order valence-electron chi connectivity index (χ0n) is 15.8. The summed E-state index contributed by atoms with van der Waals surface area (Å²) in [6.45, 7) is 16.2. The molecule has 1 atom stereocenters. The number of quaternary nitrogens is 1. The van der Waals surface area contributed by atoms with Crippen molar-refractivity contribution in [1.29, 1.82) is 0 Å². The Kier molecular flexibility index (Phi) is 13.3. The first-order valence-electron chi connectivity index (χ1n) is 9.28. The number of likely N-dealkylation sites (N-methyl/N-ethyl adjacent to an activating group) is 1. The van der Waals surface area contributed by atoms with E-state index in [-0.39, 0.29) is 17.0 Å². The van der Waals surface area contributed by atoms with Crippen molar-refractivity contribution < 1.29 is 26.2 Å². The summed E-state index contributed by atoms with van der Waals surface area (Å²) >= 11 is 0. The molecule has 0 aliphatic heterocycles. The molecular weight excluding hydrogens is 362 g/mol. The quantitative estimate of drug-likeness (QED) is 0.281. The monoisotopic (exact) mass is 397 g/mol. The number of hydrogen-bond donors (Lipinski definition) is 0. The molecule has 24 heavy (non-hydrogen) atoms. The first-order valence-corrected chi connectivity index (χ1v) is 9.28. The highest BCUT2D eigenvalue weighted by molar-refractivity contribution is 5.13. The smallest absolute Gasteiger partial charge is 0.104 e. The van der Waals surface area contributed by atoms with Crippen LogP contribution in [0.2, 0.25) is 0 Å². The predicted octanol–water partition coefficient (Wildman–Crippen LogP) is 2.20. The minimum atomic E-state index is 0. The van der Waals surface area contributed by atoms with E-state index in [1.165, 1.54) is 55.4 Å². The molecule has 1 unspecified atom stereocenters. The molecule has 0 aliphatic rings. The van der Waals surface area contributed by atoms with Gasteiger partial charge in [0.15, 0.2) is 0 Å². The van der Waals surface area contributed by atoms with E-state index < -0.39 is 0 Å². The second-order valence-corrected chi connectivity index (χ2v) is 6.50. The Balaban J connectivity index is 0.00000529. The standard InChI is InChI=1S/C21H36NO.BrH/c1-5-20(4)22(6-2,7-3)17-13-8-9-14-18-23-19-21-15-11-10-12-16-21;/h5,10-12,15-16,20H,1,6-9,13-14,17-19H2,2-4H3;1H/q+1;/p-1. The predicted molar refractivity (Wildman–Crippen MR) is 100 cm³/mol. The topological polar surface area (TPSA) is 9.23 Å². The molecule has 0 radical (unpaired) electrons. The van der Waals surface area contributed by atoms with Crippen molar-refractivity contribution in [1.82, 2.24) is 0 Å². The van der Waals surface area contributed by atoms with Gasteiger partial charge < -0.3 is 26.2 Å². The van der Waals surface area contributed by atoms with Gasteiger partial charge in [0.05, 0.1) is 26.2 Å². The molecule has 0 N–H and O–H groups in total. The van der Waals surface area contributed by atoms with Crippen molar-refractivity contribution in [2.45, 2.75) is 59.1 Å². The maximum Gasteiger partial charge on any atom is 0.104 e. The lowest BCUT2D eigenvalue weighted by Gasteiger charge is -2.41. The minimum Gasteiger partial charge on any atom is -1.00 e. The zero-order valence-corrected chi connectivity index (χ0v) is 17.4. The van der Waals surface area contributed by atoms with E-state index in [0.717, 1.165) is 13.2 Å². The van der Waals surface area contributed by atoms with Gasteiger partial charge in [-0.25, -0.2) is 0 Å². The Hall–Kier alpha value is -0.640. The summed E-state index contributed by atoms with van der Waals surface area (Å²) in [6, 6.07) is 11.0. The average molecular weight is 398 g/mol. The van der Waals surface area contributed by atoms with E-state index in [2.05, 4.69) is 57.7 Å². The van der Waals surface area contributed by atoms with Crippen molar-refractivity contribution in [2.75, 3.05) is 26.2 Å². The fraction of sp³-hybridized carbons (Fsp3) is 0.619. The molecule has 0 saturated carbocycles. The van der Waals surface area contributed by atoms with Crippen LogP contribution in [0.5, 0.6) is 0 Å². The molecule has 0 heterocycles. The van der Waals surface area contributed by atoms with Crippen molar-refractivity contribution in [3.63, 3.8) is 0 Å². The third-order valence-electron chi connectivity index (χ3n) is 5.22. The van der Waals surface area contributed by atoms with Crippen molar-refractivity contribution >= 4 is 0 Å². The summed E-state index contributed by atoms with van der Waals surface area (Å²) in [7, 11) is 0. The number of ether oxygens (including phenoxy) is 1. The van der Waals surface area contributed by atoms with Gasteiger partial charge in [-0.1, -0.05) is 43.3 Å². The molecule has 1 rings (SSSR count). The largest absolute Gasteiger partial charge is 1.00 e. The Morgan fingerprint density at radius 3 is 2.25 bits per heavy atom. The summed E-state index contributed by atoms with van der Waals surface area (Å²) in [5.74, 6) is 0. The van der Waals surface area contributed by atoms with E-state index in [1.807, 2.05) is 6.07 Å². The molecule has 0 spiro atoms. The Morgan fingerprint density at radius 2 is 1.67 bits per heavy atom. The first-order chi connectivity index (χ1) is 11.2. The van der Waals surface area contributed by atoms with Gasteiger partial charge in [-0.15, -0.1) is 0 Å². The second-order valence-electron chi connectivity index (χ2n) is 6.50. The normalized spacial score (nSPS) is 12.5. The van der Waals surface area contributed by atoms with Crippen LogP contribution in [0.25, 0.3) is 0 Å². The molecule has 1 aromatic carbocycles. The number of rotatable bonds is 13. The summed E-state index contributed by atoms with van der Waals surface area (Å²) in [4.78, 5) is 0. The van der Waals surface area contributed by atoms with Crippen LogP contribution < -0.4 is 17.0 Å².